The second-order valence-corrected chi connectivity index (χ2v) is 7.63. The van der Waals surface area contributed by atoms with E-state index in [2.05, 4.69) is 15.2 Å². The molecule has 0 bridgehead atoms. The van der Waals surface area contributed by atoms with Crippen molar-refractivity contribution in [2.45, 2.75) is 32.2 Å². The lowest BCUT2D eigenvalue weighted by Gasteiger charge is -2.22. The molecule has 0 radical (unpaired) electrons. The molecule has 0 saturated heterocycles. The van der Waals surface area contributed by atoms with E-state index in [1.165, 1.54) is 10.7 Å². The van der Waals surface area contributed by atoms with E-state index in [1.807, 2.05) is 6.92 Å². The molecule has 2 aromatic heterocycles. The second-order valence-electron chi connectivity index (χ2n) is 5.66. The normalized spacial score (nSPS) is 19.8. The van der Waals surface area contributed by atoms with E-state index in [4.69, 9.17) is 10.2 Å². The van der Waals surface area contributed by atoms with Gasteiger partial charge in [-0.1, -0.05) is 6.92 Å². The third-order valence-electron chi connectivity index (χ3n) is 3.85. The molecule has 0 amide bonds. The van der Waals surface area contributed by atoms with Crippen LogP contribution in [0.4, 0.5) is 0 Å². The summed E-state index contributed by atoms with van der Waals surface area (Å²) in [6, 6.07) is 0. The largest absolute Gasteiger partial charge is 0.447 e. The number of sulfonamides is 1. The van der Waals surface area contributed by atoms with Gasteiger partial charge in [0.15, 0.2) is 6.39 Å². The minimum atomic E-state index is -3.50. The molecule has 0 spiro atoms. The SMILES string of the molecule is CC1Cc2[nH]ncc2CN(S(=O)(=O)Cc2ncoc2CN)C1. The monoisotopic (exact) mass is 325 g/mol. The van der Waals surface area contributed by atoms with Crippen LogP contribution in [0.3, 0.4) is 0 Å². The van der Waals surface area contributed by atoms with E-state index in [-0.39, 0.29) is 18.2 Å². The van der Waals surface area contributed by atoms with Crippen molar-refractivity contribution >= 4 is 10.0 Å². The molecule has 9 heteroatoms. The van der Waals surface area contributed by atoms with Crippen molar-refractivity contribution in [1.29, 1.82) is 0 Å². The van der Waals surface area contributed by atoms with Crippen LogP contribution in [0.25, 0.3) is 0 Å². The summed E-state index contributed by atoms with van der Waals surface area (Å²) in [4.78, 5) is 3.97. The topological polar surface area (TPSA) is 118 Å². The van der Waals surface area contributed by atoms with Gasteiger partial charge in [-0.2, -0.15) is 9.40 Å². The van der Waals surface area contributed by atoms with Crippen molar-refractivity contribution in [3.63, 3.8) is 0 Å². The maximum atomic E-state index is 12.7. The molecular formula is C13H19N5O3S. The first-order valence-corrected chi connectivity index (χ1v) is 8.70. The Morgan fingerprint density at radius 1 is 1.55 bits per heavy atom. The zero-order valence-electron chi connectivity index (χ0n) is 12.3. The summed E-state index contributed by atoms with van der Waals surface area (Å²) in [5.41, 5.74) is 7.85. The van der Waals surface area contributed by atoms with Crippen molar-refractivity contribution in [2.75, 3.05) is 6.54 Å². The van der Waals surface area contributed by atoms with Crippen LogP contribution in [-0.4, -0.2) is 34.4 Å². The fourth-order valence-electron chi connectivity index (χ4n) is 2.72. The van der Waals surface area contributed by atoms with E-state index in [0.717, 1.165) is 17.7 Å². The number of aromatic nitrogens is 3. The van der Waals surface area contributed by atoms with Gasteiger partial charge in [-0.25, -0.2) is 13.4 Å². The Morgan fingerprint density at radius 3 is 3.14 bits per heavy atom. The molecule has 3 heterocycles. The number of H-pyrrole nitrogens is 1. The minimum absolute atomic E-state index is 0.132. The van der Waals surface area contributed by atoms with Gasteiger partial charge < -0.3 is 10.2 Å². The Kier molecular flexibility index (Phi) is 4.02. The van der Waals surface area contributed by atoms with Crippen molar-refractivity contribution in [1.82, 2.24) is 19.5 Å². The number of nitrogens with two attached hydrogens (primary N) is 1. The zero-order valence-corrected chi connectivity index (χ0v) is 13.1. The van der Waals surface area contributed by atoms with Crippen molar-refractivity contribution in [3.8, 4) is 0 Å². The highest BCUT2D eigenvalue weighted by molar-refractivity contribution is 7.88. The number of hydrogen-bond donors (Lipinski definition) is 2. The number of fused-ring (bicyclic) bond motifs is 1. The van der Waals surface area contributed by atoms with Crippen LogP contribution >= 0.6 is 0 Å². The number of hydrogen-bond acceptors (Lipinski definition) is 6. The van der Waals surface area contributed by atoms with E-state index >= 15 is 0 Å². The van der Waals surface area contributed by atoms with Gasteiger partial charge in [-0.15, -0.1) is 0 Å². The number of nitrogens with one attached hydrogen (secondary N) is 1. The molecule has 8 nitrogen and oxygen atoms in total. The van der Waals surface area contributed by atoms with Gasteiger partial charge in [0.05, 0.1) is 18.4 Å². The summed E-state index contributed by atoms with van der Waals surface area (Å²) >= 11 is 0. The lowest BCUT2D eigenvalue weighted by molar-refractivity contribution is 0.361. The fourth-order valence-corrected chi connectivity index (χ4v) is 4.30. The predicted octanol–water partition coefficient (Wildman–Crippen LogP) is 0.381. The average molecular weight is 325 g/mol. The molecule has 0 aliphatic carbocycles. The molecule has 1 atom stereocenters. The molecule has 1 aliphatic rings. The molecule has 0 fully saturated rings. The lowest BCUT2D eigenvalue weighted by atomic mass is 10.1. The van der Waals surface area contributed by atoms with Gasteiger partial charge in [0.1, 0.15) is 11.5 Å². The van der Waals surface area contributed by atoms with E-state index in [9.17, 15) is 8.42 Å². The predicted molar refractivity (Wildman–Crippen MR) is 78.9 cm³/mol. The van der Waals surface area contributed by atoms with Gasteiger partial charge in [0.2, 0.25) is 10.0 Å². The molecule has 22 heavy (non-hydrogen) atoms. The Labute approximate surface area is 128 Å². The number of rotatable bonds is 4. The highest BCUT2D eigenvalue weighted by Crippen LogP contribution is 2.24. The molecule has 0 saturated carbocycles. The molecule has 1 aliphatic heterocycles. The Morgan fingerprint density at radius 2 is 2.36 bits per heavy atom. The Hall–Kier alpha value is -1.71. The van der Waals surface area contributed by atoms with Crippen molar-refractivity contribution in [3.05, 3.63) is 35.3 Å². The highest BCUT2D eigenvalue weighted by atomic mass is 32.2. The summed E-state index contributed by atoms with van der Waals surface area (Å²) in [6.07, 6.45) is 3.71. The zero-order chi connectivity index (χ0) is 15.7. The Balaban J connectivity index is 1.85. The maximum absolute atomic E-state index is 12.7. The van der Waals surface area contributed by atoms with Crippen molar-refractivity contribution in [2.24, 2.45) is 11.7 Å². The minimum Gasteiger partial charge on any atom is -0.447 e. The average Bonchev–Trinajstić information content (AvgIpc) is 3.04. The maximum Gasteiger partial charge on any atom is 0.220 e. The lowest BCUT2D eigenvalue weighted by Crippen LogP contribution is -2.34. The van der Waals surface area contributed by atoms with Gasteiger partial charge in [0.25, 0.3) is 0 Å². The van der Waals surface area contributed by atoms with E-state index in [1.54, 1.807) is 6.20 Å². The first-order valence-electron chi connectivity index (χ1n) is 7.10. The number of nitrogens with zero attached hydrogens (tertiary/aromatic N) is 3. The third-order valence-corrected chi connectivity index (χ3v) is 5.55. The smallest absolute Gasteiger partial charge is 0.220 e. The van der Waals surface area contributed by atoms with Crippen LogP contribution in [0.1, 0.15) is 29.6 Å². The van der Waals surface area contributed by atoms with Crippen LogP contribution < -0.4 is 5.73 Å². The fraction of sp³-hybridized carbons (Fsp3) is 0.538. The quantitative estimate of drug-likeness (QED) is 0.839. The number of aromatic amines is 1. The van der Waals surface area contributed by atoms with Crippen LogP contribution in [0.2, 0.25) is 0 Å². The van der Waals surface area contributed by atoms with E-state index in [0.29, 0.717) is 24.5 Å². The molecule has 120 valence electrons. The van der Waals surface area contributed by atoms with Crippen LogP contribution in [0.15, 0.2) is 17.0 Å². The molecular weight excluding hydrogens is 306 g/mol. The standard InChI is InChI=1S/C13H19N5O3S/c1-9-2-11-10(4-16-17-11)6-18(5-9)22(19,20)7-12-13(3-14)21-8-15-12/h4,8-9H,2-3,5-7,14H2,1H3,(H,16,17). The highest BCUT2D eigenvalue weighted by Gasteiger charge is 2.30. The van der Waals surface area contributed by atoms with Crippen LogP contribution in [0, 0.1) is 5.92 Å². The van der Waals surface area contributed by atoms with Gasteiger partial charge >= 0.3 is 0 Å². The third kappa shape index (κ3) is 2.92. The van der Waals surface area contributed by atoms with Gasteiger partial charge in [-0.05, 0) is 12.3 Å². The van der Waals surface area contributed by atoms with Gasteiger partial charge in [0, 0.05) is 24.3 Å². The van der Waals surface area contributed by atoms with Crippen molar-refractivity contribution < 1.29 is 12.8 Å². The molecule has 3 N–H and O–H groups in total. The number of oxazole rings is 1. The summed E-state index contributed by atoms with van der Waals surface area (Å²) in [7, 11) is -3.50. The Bertz CT molecular complexity index is 751. The summed E-state index contributed by atoms with van der Waals surface area (Å²) in [5.74, 6) is 0.425. The molecule has 3 rings (SSSR count). The summed E-state index contributed by atoms with van der Waals surface area (Å²) in [5, 5.41) is 6.96. The molecule has 2 aromatic rings. The summed E-state index contributed by atoms with van der Waals surface area (Å²) < 4.78 is 32.0. The van der Waals surface area contributed by atoms with E-state index < -0.39 is 10.0 Å². The summed E-state index contributed by atoms with van der Waals surface area (Å²) in [6.45, 7) is 2.96. The molecule has 0 aromatic carbocycles. The second kappa shape index (κ2) is 5.82. The van der Waals surface area contributed by atoms with Gasteiger partial charge in [-0.3, -0.25) is 5.10 Å². The first-order chi connectivity index (χ1) is 10.5. The van der Waals surface area contributed by atoms with Crippen LogP contribution in [0.5, 0.6) is 0 Å². The first kappa shape index (κ1) is 15.2. The molecule has 1 unspecified atom stereocenters. The van der Waals surface area contributed by atoms with Crippen LogP contribution in [-0.2, 0) is 35.3 Å².